The van der Waals surface area contributed by atoms with Gasteiger partial charge in [0.15, 0.2) is 0 Å². The lowest BCUT2D eigenvalue weighted by Gasteiger charge is -2.14. The fourth-order valence-electron chi connectivity index (χ4n) is 2.07. The van der Waals surface area contributed by atoms with Gasteiger partial charge in [-0.15, -0.1) is 6.42 Å². The van der Waals surface area contributed by atoms with Crippen molar-refractivity contribution in [3.05, 3.63) is 52.5 Å². The third-order valence-corrected chi connectivity index (χ3v) is 3.46. The van der Waals surface area contributed by atoms with Crippen LogP contribution in [0.15, 0.2) is 36.4 Å². The van der Waals surface area contributed by atoms with Crippen molar-refractivity contribution < 1.29 is 19.3 Å². The van der Waals surface area contributed by atoms with Crippen molar-refractivity contribution in [1.82, 2.24) is 0 Å². The first-order valence-corrected chi connectivity index (χ1v) is 7.23. The molecule has 0 aromatic heterocycles. The van der Waals surface area contributed by atoms with Crippen molar-refractivity contribution in [2.24, 2.45) is 0 Å². The van der Waals surface area contributed by atoms with Crippen molar-refractivity contribution in [2.75, 3.05) is 14.2 Å². The number of ether oxygens (including phenoxy) is 3. The number of halogens is 1. The summed E-state index contributed by atoms with van der Waals surface area (Å²) in [5.74, 6) is 4.07. The lowest BCUT2D eigenvalue weighted by molar-refractivity contribution is 0.225. The summed E-state index contributed by atoms with van der Waals surface area (Å²) in [6, 6.07) is 10.4. The van der Waals surface area contributed by atoms with E-state index in [2.05, 4.69) is 5.92 Å². The molecule has 120 valence electrons. The van der Waals surface area contributed by atoms with Crippen LogP contribution < -0.4 is 14.2 Å². The Morgan fingerprint density at radius 2 is 1.78 bits per heavy atom. The monoisotopic (exact) mass is 332 g/mol. The average Bonchev–Trinajstić information content (AvgIpc) is 2.59. The molecule has 0 aliphatic rings. The fourth-order valence-corrected chi connectivity index (χ4v) is 2.25. The molecule has 4 nitrogen and oxygen atoms in total. The first kappa shape index (κ1) is 17.0. The van der Waals surface area contributed by atoms with Gasteiger partial charge in [0.1, 0.15) is 30.0 Å². The first-order chi connectivity index (χ1) is 11.1. The van der Waals surface area contributed by atoms with Crippen LogP contribution in [-0.4, -0.2) is 19.3 Å². The summed E-state index contributed by atoms with van der Waals surface area (Å²) >= 11 is 5.95. The maximum atomic E-state index is 9.88. The molecule has 1 atom stereocenters. The number of terminal acetylenes is 1. The predicted octanol–water partition coefficient (Wildman–Crippen LogP) is 3.60. The molecule has 0 aliphatic carbocycles. The van der Waals surface area contributed by atoms with E-state index in [-0.39, 0.29) is 6.61 Å². The molecule has 1 unspecified atom stereocenters. The van der Waals surface area contributed by atoms with Gasteiger partial charge in [0.25, 0.3) is 0 Å². The van der Waals surface area contributed by atoms with Gasteiger partial charge in [0.2, 0.25) is 0 Å². The van der Waals surface area contributed by atoms with E-state index in [0.717, 1.165) is 5.56 Å². The topological polar surface area (TPSA) is 47.9 Å². The summed E-state index contributed by atoms with van der Waals surface area (Å²) in [7, 11) is 3.17. The van der Waals surface area contributed by atoms with E-state index in [1.165, 1.54) is 0 Å². The Bertz CT molecular complexity index is 699. The molecule has 0 saturated carbocycles. The highest BCUT2D eigenvalue weighted by Crippen LogP contribution is 2.30. The summed E-state index contributed by atoms with van der Waals surface area (Å²) in [6.45, 7) is 0.263. The van der Waals surface area contributed by atoms with Crippen LogP contribution in [0.2, 0.25) is 5.02 Å². The van der Waals surface area contributed by atoms with Crippen LogP contribution in [0, 0.1) is 12.3 Å². The second-order valence-electron chi connectivity index (χ2n) is 4.76. The number of aliphatic hydroxyl groups excluding tert-OH is 1. The molecule has 0 radical (unpaired) electrons. The zero-order chi connectivity index (χ0) is 16.8. The number of methoxy groups -OCH3 is 2. The number of hydrogen-bond donors (Lipinski definition) is 1. The highest BCUT2D eigenvalue weighted by molar-refractivity contribution is 6.30. The van der Waals surface area contributed by atoms with Gasteiger partial charge in [0.05, 0.1) is 14.2 Å². The van der Waals surface area contributed by atoms with Gasteiger partial charge in [-0.2, -0.15) is 0 Å². The van der Waals surface area contributed by atoms with Crippen LogP contribution in [0.25, 0.3) is 0 Å². The molecule has 0 spiro atoms. The summed E-state index contributed by atoms with van der Waals surface area (Å²) in [6.07, 6.45) is 4.19. The van der Waals surface area contributed by atoms with Gasteiger partial charge in [-0.05, 0) is 35.9 Å². The van der Waals surface area contributed by atoms with Crippen LogP contribution in [-0.2, 0) is 6.61 Å². The molecule has 0 bridgehead atoms. The Morgan fingerprint density at radius 3 is 2.35 bits per heavy atom. The van der Waals surface area contributed by atoms with Crippen LogP contribution in [0.3, 0.4) is 0 Å². The van der Waals surface area contributed by atoms with E-state index >= 15 is 0 Å². The number of hydrogen-bond acceptors (Lipinski definition) is 4. The van der Waals surface area contributed by atoms with E-state index in [1.54, 1.807) is 38.5 Å². The van der Waals surface area contributed by atoms with Gasteiger partial charge in [-0.1, -0.05) is 17.5 Å². The number of rotatable bonds is 6. The second kappa shape index (κ2) is 7.77. The maximum Gasteiger partial charge on any atom is 0.143 e. The fraction of sp³-hybridized carbons (Fsp3) is 0.222. The molecule has 2 aromatic carbocycles. The molecule has 0 saturated heterocycles. The SMILES string of the molecule is C#CC(O)c1cc(Cl)ccc1OCc1cc(OC)cc(OC)c1. The smallest absolute Gasteiger partial charge is 0.143 e. The van der Waals surface area contributed by atoms with E-state index in [1.807, 2.05) is 12.1 Å². The van der Waals surface area contributed by atoms with Crippen LogP contribution in [0.4, 0.5) is 0 Å². The Morgan fingerprint density at radius 1 is 1.13 bits per heavy atom. The molecule has 0 fully saturated rings. The minimum atomic E-state index is -1.08. The van der Waals surface area contributed by atoms with Crippen molar-refractivity contribution in [1.29, 1.82) is 0 Å². The van der Waals surface area contributed by atoms with Gasteiger partial charge in [-0.3, -0.25) is 0 Å². The molecule has 5 heteroatoms. The van der Waals surface area contributed by atoms with Crippen molar-refractivity contribution in [2.45, 2.75) is 12.7 Å². The standard InChI is InChI=1S/C18H17ClO4/c1-4-17(20)16-9-13(19)5-6-18(16)23-11-12-7-14(21-2)10-15(8-12)22-3/h1,5-10,17,20H,11H2,2-3H3. The first-order valence-electron chi connectivity index (χ1n) is 6.85. The minimum Gasteiger partial charge on any atom is -0.497 e. The third kappa shape index (κ3) is 4.32. The number of benzene rings is 2. The van der Waals surface area contributed by atoms with Crippen molar-refractivity contribution >= 4 is 11.6 Å². The van der Waals surface area contributed by atoms with Gasteiger partial charge >= 0.3 is 0 Å². The Kier molecular flexibility index (Phi) is 5.75. The molecular weight excluding hydrogens is 316 g/mol. The Hall–Kier alpha value is -2.35. The van der Waals surface area contributed by atoms with E-state index in [4.69, 9.17) is 32.2 Å². The van der Waals surface area contributed by atoms with Gasteiger partial charge < -0.3 is 19.3 Å². The van der Waals surface area contributed by atoms with Gasteiger partial charge in [-0.25, -0.2) is 0 Å². The normalized spacial score (nSPS) is 11.4. The van der Waals surface area contributed by atoms with Crippen LogP contribution in [0.5, 0.6) is 17.2 Å². The summed E-state index contributed by atoms with van der Waals surface area (Å²) in [5.41, 5.74) is 1.31. The average molecular weight is 333 g/mol. The zero-order valence-electron chi connectivity index (χ0n) is 12.9. The summed E-state index contributed by atoms with van der Waals surface area (Å²) in [5, 5.41) is 10.4. The predicted molar refractivity (Wildman–Crippen MR) is 89.1 cm³/mol. The van der Waals surface area contributed by atoms with E-state index in [0.29, 0.717) is 27.8 Å². The van der Waals surface area contributed by atoms with Crippen LogP contribution >= 0.6 is 11.6 Å². The highest BCUT2D eigenvalue weighted by atomic mass is 35.5. The van der Waals surface area contributed by atoms with E-state index < -0.39 is 6.10 Å². The largest absolute Gasteiger partial charge is 0.497 e. The molecule has 0 amide bonds. The van der Waals surface area contributed by atoms with Crippen LogP contribution in [0.1, 0.15) is 17.2 Å². The van der Waals surface area contributed by atoms with E-state index in [9.17, 15) is 5.11 Å². The Balaban J connectivity index is 2.23. The molecule has 1 N–H and O–H groups in total. The van der Waals surface area contributed by atoms with Crippen molar-refractivity contribution in [3.8, 4) is 29.6 Å². The molecule has 23 heavy (non-hydrogen) atoms. The lowest BCUT2D eigenvalue weighted by atomic mass is 10.1. The molecule has 0 heterocycles. The summed E-state index contributed by atoms with van der Waals surface area (Å²) < 4.78 is 16.2. The number of aliphatic hydroxyl groups is 1. The minimum absolute atomic E-state index is 0.263. The quantitative estimate of drug-likeness (QED) is 0.821. The highest BCUT2D eigenvalue weighted by Gasteiger charge is 2.12. The van der Waals surface area contributed by atoms with Gasteiger partial charge in [0, 0.05) is 16.7 Å². The second-order valence-corrected chi connectivity index (χ2v) is 5.20. The third-order valence-electron chi connectivity index (χ3n) is 3.23. The molecule has 0 aliphatic heterocycles. The lowest BCUT2D eigenvalue weighted by Crippen LogP contribution is -2.02. The summed E-state index contributed by atoms with van der Waals surface area (Å²) in [4.78, 5) is 0. The molecule has 2 rings (SSSR count). The molecule has 2 aromatic rings. The van der Waals surface area contributed by atoms with Crippen molar-refractivity contribution in [3.63, 3.8) is 0 Å². The zero-order valence-corrected chi connectivity index (χ0v) is 13.6. The Labute approximate surface area is 140 Å². The molecular formula is C18H17ClO4. The maximum absolute atomic E-state index is 9.88.